The Kier molecular flexibility index (Phi) is 5.28. The van der Waals surface area contributed by atoms with Gasteiger partial charge in [-0.05, 0) is 43.2 Å². The molecular weight excluding hydrogens is 256 g/mol. The van der Waals surface area contributed by atoms with Gasteiger partial charge in [-0.1, -0.05) is 18.6 Å². The van der Waals surface area contributed by atoms with Crippen molar-refractivity contribution >= 4 is 23.4 Å². The van der Waals surface area contributed by atoms with Crippen molar-refractivity contribution in [1.82, 2.24) is 0 Å². The van der Waals surface area contributed by atoms with Gasteiger partial charge in [-0.15, -0.1) is 0 Å². The molecule has 1 aromatic carbocycles. The first-order valence-corrected chi connectivity index (χ1v) is 8.22. The number of carbonyl (C=O) groups excluding carboxylic acids is 1. The Labute approximate surface area is 119 Å². The highest BCUT2D eigenvalue weighted by atomic mass is 32.2. The number of thioether (sulfide) groups is 1. The smallest absolute Gasteiger partial charge is 0.227 e. The van der Waals surface area contributed by atoms with Crippen LogP contribution in [0.25, 0.3) is 0 Å². The Morgan fingerprint density at radius 3 is 2.74 bits per heavy atom. The van der Waals surface area contributed by atoms with E-state index in [-0.39, 0.29) is 17.9 Å². The number of carbonyl (C=O) groups is 1. The summed E-state index contributed by atoms with van der Waals surface area (Å²) in [5.41, 5.74) is 8.09. The molecule has 3 nitrogen and oxygen atoms in total. The summed E-state index contributed by atoms with van der Waals surface area (Å²) in [6, 6.07) is 8.28. The summed E-state index contributed by atoms with van der Waals surface area (Å²) >= 11 is 1.80. The molecule has 1 aliphatic rings. The van der Waals surface area contributed by atoms with Crippen LogP contribution in [0.2, 0.25) is 0 Å². The summed E-state index contributed by atoms with van der Waals surface area (Å²) < 4.78 is 0. The quantitative estimate of drug-likeness (QED) is 0.890. The molecule has 1 amide bonds. The summed E-state index contributed by atoms with van der Waals surface area (Å²) in [4.78, 5) is 12.2. The van der Waals surface area contributed by atoms with Gasteiger partial charge in [-0.2, -0.15) is 11.8 Å². The maximum absolute atomic E-state index is 12.2. The molecule has 0 heterocycles. The maximum atomic E-state index is 12.2. The molecule has 0 spiro atoms. The number of anilines is 1. The third-order valence-corrected chi connectivity index (χ3v) is 4.24. The fourth-order valence-electron chi connectivity index (χ4n) is 2.56. The molecule has 0 aromatic heterocycles. The molecule has 2 rings (SSSR count). The second kappa shape index (κ2) is 6.96. The lowest BCUT2D eigenvalue weighted by molar-refractivity contribution is -0.120. The zero-order chi connectivity index (χ0) is 13.7. The van der Waals surface area contributed by atoms with Crippen molar-refractivity contribution in [1.29, 1.82) is 0 Å². The predicted molar refractivity (Wildman–Crippen MR) is 82.2 cm³/mol. The van der Waals surface area contributed by atoms with E-state index in [1.165, 1.54) is 5.56 Å². The standard InChI is InChI=1S/C15H22N2OS/c1-19-10-11-5-7-14(8-6-11)17-15(18)12-3-2-4-13(16)9-12/h5-8,12-13H,2-4,9-10,16H2,1H3,(H,17,18). The van der Waals surface area contributed by atoms with Crippen LogP contribution in [0, 0.1) is 5.92 Å². The molecule has 0 aliphatic heterocycles. The molecule has 2 unspecified atom stereocenters. The lowest BCUT2D eigenvalue weighted by atomic mass is 9.85. The molecule has 1 fully saturated rings. The number of amides is 1. The first-order valence-electron chi connectivity index (χ1n) is 6.83. The Morgan fingerprint density at radius 1 is 1.37 bits per heavy atom. The Balaban J connectivity index is 1.90. The van der Waals surface area contributed by atoms with Crippen LogP contribution in [0.4, 0.5) is 5.69 Å². The average molecular weight is 278 g/mol. The van der Waals surface area contributed by atoms with Crippen LogP contribution in [0.1, 0.15) is 31.2 Å². The Hall–Kier alpha value is -1.00. The van der Waals surface area contributed by atoms with Crippen LogP contribution in [0.5, 0.6) is 0 Å². The van der Waals surface area contributed by atoms with Crippen LogP contribution in [0.3, 0.4) is 0 Å². The fraction of sp³-hybridized carbons (Fsp3) is 0.533. The molecule has 0 bridgehead atoms. The van der Waals surface area contributed by atoms with E-state index >= 15 is 0 Å². The van der Waals surface area contributed by atoms with E-state index in [0.29, 0.717) is 0 Å². The van der Waals surface area contributed by atoms with E-state index in [4.69, 9.17) is 5.73 Å². The number of hydrogen-bond acceptors (Lipinski definition) is 3. The van der Waals surface area contributed by atoms with Crippen molar-refractivity contribution < 1.29 is 4.79 Å². The van der Waals surface area contributed by atoms with Gasteiger partial charge in [0.1, 0.15) is 0 Å². The van der Waals surface area contributed by atoms with E-state index in [1.807, 2.05) is 12.1 Å². The van der Waals surface area contributed by atoms with Crippen LogP contribution >= 0.6 is 11.8 Å². The van der Waals surface area contributed by atoms with E-state index in [2.05, 4.69) is 23.7 Å². The van der Waals surface area contributed by atoms with Gasteiger partial charge >= 0.3 is 0 Å². The number of benzene rings is 1. The van der Waals surface area contributed by atoms with E-state index in [0.717, 1.165) is 37.1 Å². The minimum atomic E-state index is 0.0784. The summed E-state index contributed by atoms with van der Waals surface area (Å²) in [5, 5.41) is 3.00. The lowest BCUT2D eigenvalue weighted by Gasteiger charge is -2.25. The summed E-state index contributed by atoms with van der Waals surface area (Å²) in [6.45, 7) is 0. The molecule has 0 saturated heterocycles. The molecule has 2 atom stereocenters. The fourth-order valence-corrected chi connectivity index (χ4v) is 3.09. The van der Waals surface area contributed by atoms with Gasteiger partial charge in [0.05, 0.1) is 0 Å². The van der Waals surface area contributed by atoms with Crippen LogP contribution < -0.4 is 11.1 Å². The summed E-state index contributed by atoms with van der Waals surface area (Å²) in [6.07, 6.45) is 5.97. The average Bonchev–Trinajstić information content (AvgIpc) is 2.41. The molecule has 1 saturated carbocycles. The van der Waals surface area contributed by atoms with Gasteiger partial charge < -0.3 is 11.1 Å². The topological polar surface area (TPSA) is 55.1 Å². The van der Waals surface area contributed by atoms with Crippen LogP contribution in [-0.4, -0.2) is 18.2 Å². The molecule has 1 aromatic rings. The molecule has 3 N–H and O–H groups in total. The SMILES string of the molecule is CSCc1ccc(NC(=O)C2CCCC(N)C2)cc1. The first kappa shape index (κ1) is 14.4. The maximum Gasteiger partial charge on any atom is 0.227 e. The minimum Gasteiger partial charge on any atom is -0.328 e. The van der Waals surface area contributed by atoms with E-state index in [1.54, 1.807) is 11.8 Å². The molecule has 4 heteroatoms. The monoisotopic (exact) mass is 278 g/mol. The third-order valence-electron chi connectivity index (χ3n) is 3.62. The van der Waals surface area contributed by atoms with E-state index in [9.17, 15) is 4.79 Å². The van der Waals surface area contributed by atoms with Crippen molar-refractivity contribution in [3.05, 3.63) is 29.8 Å². The normalized spacial score (nSPS) is 23.1. The highest BCUT2D eigenvalue weighted by Gasteiger charge is 2.25. The second-order valence-corrected chi connectivity index (χ2v) is 6.11. The van der Waals surface area contributed by atoms with Crippen molar-refractivity contribution in [2.24, 2.45) is 11.7 Å². The Morgan fingerprint density at radius 2 is 2.11 bits per heavy atom. The highest BCUT2D eigenvalue weighted by molar-refractivity contribution is 7.97. The number of nitrogens with two attached hydrogens (primary N) is 1. The second-order valence-electron chi connectivity index (χ2n) is 5.24. The van der Waals surface area contributed by atoms with E-state index < -0.39 is 0 Å². The Bertz CT molecular complexity index is 419. The van der Waals surface area contributed by atoms with Gasteiger partial charge in [0, 0.05) is 23.4 Å². The van der Waals surface area contributed by atoms with Crippen molar-refractivity contribution in [2.45, 2.75) is 37.5 Å². The predicted octanol–water partition coefficient (Wildman–Crippen LogP) is 3.01. The van der Waals surface area contributed by atoms with Crippen LogP contribution in [-0.2, 0) is 10.5 Å². The van der Waals surface area contributed by atoms with Crippen molar-refractivity contribution in [3.63, 3.8) is 0 Å². The van der Waals surface area contributed by atoms with Gasteiger partial charge in [0.15, 0.2) is 0 Å². The summed E-state index contributed by atoms with van der Waals surface area (Å²) in [5.74, 6) is 1.20. The van der Waals surface area contributed by atoms with Gasteiger partial charge in [0.25, 0.3) is 0 Å². The molecule has 0 radical (unpaired) electrons. The van der Waals surface area contributed by atoms with Gasteiger partial charge in [0.2, 0.25) is 5.91 Å². The molecule has 19 heavy (non-hydrogen) atoms. The largest absolute Gasteiger partial charge is 0.328 e. The molecular formula is C15H22N2OS. The molecule has 1 aliphatic carbocycles. The zero-order valence-electron chi connectivity index (χ0n) is 11.4. The molecule has 104 valence electrons. The van der Waals surface area contributed by atoms with Crippen molar-refractivity contribution in [2.75, 3.05) is 11.6 Å². The van der Waals surface area contributed by atoms with Crippen LogP contribution in [0.15, 0.2) is 24.3 Å². The summed E-state index contributed by atoms with van der Waals surface area (Å²) in [7, 11) is 0. The first-order chi connectivity index (χ1) is 9.19. The number of rotatable bonds is 4. The number of nitrogens with one attached hydrogen (secondary N) is 1. The van der Waals surface area contributed by atoms with Crippen molar-refractivity contribution in [3.8, 4) is 0 Å². The lowest BCUT2D eigenvalue weighted by Crippen LogP contribution is -2.34. The zero-order valence-corrected chi connectivity index (χ0v) is 12.2. The van der Waals surface area contributed by atoms with Gasteiger partial charge in [-0.25, -0.2) is 0 Å². The van der Waals surface area contributed by atoms with Gasteiger partial charge in [-0.3, -0.25) is 4.79 Å². The minimum absolute atomic E-state index is 0.0784. The highest BCUT2D eigenvalue weighted by Crippen LogP contribution is 2.24. The number of hydrogen-bond donors (Lipinski definition) is 2. The third kappa shape index (κ3) is 4.25.